The molecule has 0 unspecified atom stereocenters. The topological polar surface area (TPSA) is 42.0 Å². The van der Waals surface area contributed by atoms with Crippen LogP contribution in [-0.4, -0.2) is 67.3 Å². The number of carbonyl (C=O) groups is 1. The van der Waals surface area contributed by atoms with Crippen LogP contribution in [0.15, 0.2) is 24.3 Å². The van der Waals surface area contributed by atoms with Crippen LogP contribution >= 0.6 is 0 Å². The number of amides is 1. The predicted molar refractivity (Wildman–Crippen MR) is 90.7 cm³/mol. The second-order valence-electron chi connectivity index (χ2n) is 7.19. The molecular weight excluding hydrogens is 304 g/mol. The van der Waals surface area contributed by atoms with E-state index in [0.29, 0.717) is 13.0 Å². The Balaban J connectivity index is 1.29. The summed E-state index contributed by atoms with van der Waals surface area (Å²) in [6, 6.07) is 8.45. The first-order valence-electron chi connectivity index (χ1n) is 9.03. The Morgan fingerprint density at radius 1 is 1.17 bits per heavy atom. The molecule has 3 heterocycles. The highest BCUT2D eigenvalue weighted by atomic mass is 16.6. The van der Waals surface area contributed by atoms with E-state index in [1.165, 1.54) is 11.1 Å². The maximum atomic E-state index is 12.6. The summed E-state index contributed by atoms with van der Waals surface area (Å²) in [7, 11) is 0. The predicted octanol–water partition coefficient (Wildman–Crippen LogP) is 1.45. The van der Waals surface area contributed by atoms with Crippen molar-refractivity contribution in [2.45, 2.75) is 31.4 Å². The van der Waals surface area contributed by atoms with E-state index in [9.17, 15) is 4.79 Å². The third-order valence-corrected chi connectivity index (χ3v) is 5.52. The van der Waals surface area contributed by atoms with Gasteiger partial charge in [0.1, 0.15) is 5.60 Å². The smallest absolute Gasteiger partial charge is 0.224 e. The number of ether oxygens (including phenoxy) is 2. The van der Waals surface area contributed by atoms with Crippen LogP contribution in [-0.2, 0) is 27.2 Å². The molecule has 0 aromatic heterocycles. The molecule has 130 valence electrons. The molecule has 1 aromatic carbocycles. The molecule has 5 heteroatoms. The van der Waals surface area contributed by atoms with Gasteiger partial charge in [-0.1, -0.05) is 24.3 Å². The van der Waals surface area contributed by atoms with Gasteiger partial charge < -0.3 is 14.4 Å². The summed E-state index contributed by atoms with van der Waals surface area (Å²) >= 11 is 0. The van der Waals surface area contributed by atoms with E-state index in [2.05, 4.69) is 29.2 Å². The SMILES string of the molecule is O=C(CCN1CCO[C@]2(CCOC2)C1)N1CCc2ccccc2C1. The van der Waals surface area contributed by atoms with Gasteiger partial charge in [-0.15, -0.1) is 0 Å². The highest BCUT2D eigenvalue weighted by Crippen LogP contribution is 2.27. The van der Waals surface area contributed by atoms with Crippen LogP contribution in [0.2, 0.25) is 0 Å². The van der Waals surface area contributed by atoms with E-state index in [4.69, 9.17) is 9.47 Å². The molecule has 5 nitrogen and oxygen atoms in total. The Morgan fingerprint density at radius 2 is 2.04 bits per heavy atom. The molecule has 3 aliphatic rings. The van der Waals surface area contributed by atoms with Gasteiger partial charge in [-0.2, -0.15) is 0 Å². The lowest BCUT2D eigenvalue weighted by molar-refractivity contribution is -0.134. The van der Waals surface area contributed by atoms with Gasteiger partial charge in [-0.3, -0.25) is 9.69 Å². The van der Waals surface area contributed by atoms with Gasteiger partial charge >= 0.3 is 0 Å². The first-order chi connectivity index (χ1) is 11.7. The number of rotatable bonds is 3. The Hall–Kier alpha value is -1.43. The van der Waals surface area contributed by atoms with E-state index in [-0.39, 0.29) is 11.5 Å². The van der Waals surface area contributed by atoms with Gasteiger partial charge in [0.2, 0.25) is 5.91 Å². The number of fused-ring (bicyclic) bond motifs is 1. The monoisotopic (exact) mass is 330 g/mol. The van der Waals surface area contributed by atoms with Crippen LogP contribution in [0.25, 0.3) is 0 Å². The van der Waals surface area contributed by atoms with E-state index >= 15 is 0 Å². The minimum absolute atomic E-state index is 0.120. The Morgan fingerprint density at radius 3 is 2.88 bits per heavy atom. The highest BCUT2D eigenvalue weighted by Gasteiger charge is 2.40. The quantitative estimate of drug-likeness (QED) is 0.841. The zero-order valence-corrected chi connectivity index (χ0v) is 14.2. The lowest BCUT2D eigenvalue weighted by Gasteiger charge is -2.39. The number of benzene rings is 1. The molecule has 1 amide bonds. The van der Waals surface area contributed by atoms with Crippen molar-refractivity contribution in [1.82, 2.24) is 9.80 Å². The van der Waals surface area contributed by atoms with Crippen LogP contribution in [0.3, 0.4) is 0 Å². The summed E-state index contributed by atoms with van der Waals surface area (Å²) in [5.74, 6) is 0.271. The minimum Gasteiger partial charge on any atom is -0.378 e. The Bertz CT molecular complexity index is 598. The van der Waals surface area contributed by atoms with E-state index in [1.54, 1.807) is 0 Å². The fourth-order valence-corrected chi connectivity index (χ4v) is 4.06. The van der Waals surface area contributed by atoms with Crippen LogP contribution in [0, 0.1) is 0 Å². The lowest BCUT2D eigenvalue weighted by Crippen LogP contribution is -2.53. The standard InChI is InChI=1S/C19H26N2O3/c22-18(21-9-5-16-3-1-2-4-17(16)13-21)6-8-20-10-12-24-19(14-20)7-11-23-15-19/h1-4H,5-15H2/t19-/m1/s1. The van der Waals surface area contributed by atoms with E-state index < -0.39 is 0 Å². The summed E-state index contributed by atoms with van der Waals surface area (Å²) < 4.78 is 11.5. The van der Waals surface area contributed by atoms with E-state index in [0.717, 1.165) is 58.8 Å². The van der Waals surface area contributed by atoms with Gasteiger partial charge in [-0.25, -0.2) is 0 Å². The fraction of sp³-hybridized carbons (Fsp3) is 0.632. The van der Waals surface area contributed by atoms with Crippen LogP contribution in [0.4, 0.5) is 0 Å². The lowest BCUT2D eigenvalue weighted by atomic mass is 9.99. The molecule has 0 bridgehead atoms. The van der Waals surface area contributed by atoms with Crippen molar-refractivity contribution in [2.75, 3.05) is 46.0 Å². The zero-order valence-electron chi connectivity index (χ0n) is 14.2. The van der Waals surface area contributed by atoms with E-state index in [1.807, 2.05) is 4.90 Å². The van der Waals surface area contributed by atoms with Gasteiger partial charge in [-0.05, 0) is 17.5 Å². The molecule has 3 aliphatic heterocycles. The first kappa shape index (κ1) is 16.1. The fourth-order valence-electron chi connectivity index (χ4n) is 4.06. The largest absolute Gasteiger partial charge is 0.378 e. The molecule has 1 aromatic rings. The summed E-state index contributed by atoms with van der Waals surface area (Å²) in [4.78, 5) is 17.0. The molecule has 0 radical (unpaired) electrons. The number of hydrogen-bond acceptors (Lipinski definition) is 4. The summed E-state index contributed by atoms with van der Waals surface area (Å²) in [5, 5.41) is 0. The zero-order chi connectivity index (χ0) is 16.4. The van der Waals surface area contributed by atoms with Crippen LogP contribution in [0.5, 0.6) is 0 Å². The molecular formula is C19H26N2O3. The second kappa shape index (κ2) is 6.82. The maximum absolute atomic E-state index is 12.6. The Labute approximate surface area is 143 Å². The van der Waals surface area contributed by atoms with Crippen molar-refractivity contribution < 1.29 is 14.3 Å². The number of carbonyl (C=O) groups excluding carboxylic acids is 1. The molecule has 0 saturated carbocycles. The average molecular weight is 330 g/mol. The number of nitrogens with zero attached hydrogens (tertiary/aromatic N) is 2. The van der Waals surface area contributed by atoms with Crippen molar-refractivity contribution >= 4 is 5.91 Å². The maximum Gasteiger partial charge on any atom is 0.224 e. The van der Waals surface area contributed by atoms with Crippen molar-refractivity contribution in [2.24, 2.45) is 0 Å². The van der Waals surface area contributed by atoms with Gasteiger partial charge in [0.15, 0.2) is 0 Å². The third-order valence-electron chi connectivity index (χ3n) is 5.52. The molecule has 4 rings (SSSR count). The number of morpholine rings is 1. The summed E-state index contributed by atoms with van der Waals surface area (Å²) in [5.41, 5.74) is 2.56. The van der Waals surface area contributed by atoms with Gasteiger partial charge in [0.05, 0.1) is 13.2 Å². The van der Waals surface area contributed by atoms with Crippen molar-refractivity contribution in [3.05, 3.63) is 35.4 Å². The third kappa shape index (κ3) is 3.34. The normalized spacial score (nSPS) is 27.4. The first-order valence-corrected chi connectivity index (χ1v) is 9.03. The highest BCUT2D eigenvalue weighted by molar-refractivity contribution is 5.76. The molecule has 2 saturated heterocycles. The van der Waals surface area contributed by atoms with Crippen LogP contribution < -0.4 is 0 Å². The summed E-state index contributed by atoms with van der Waals surface area (Å²) in [6.45, 7) is 6.46. The molecule has 1 atom stereocenters. The summed E-state index contributed by atoms with van der Waals surface area (Å²) in [6.07, 6.45) is 2.54. The minimum atomic E-state index is -0.120. The van der Waals surface area contributed by atoms with Gasteiger partial charge in [0.25, 0.3) is 0 Å². The number of hydrogen-bond donors (Lipinski definition) is 0. The van der Waals surface area contributed by atoms with Crippen LogP contribution in [0.1, 0.15) is 24.0 Å². The average Bonchev–Trinajstić information content (AvgIpc) is 3.07. The Kier molecular flexibility index (Phi) is 4.57. The van der Waals surface area contributed by atoms with Crippen molar-refractivity contribution in [3.8, 4) is 0 Å². The van der Waals surface area contributed by atoms with Crippen molar-refractivity contribution in [1.29, 1.82) is 0 Å². The van der Waals surface area contributed by atoms with Crippen molar-refractivity contribution in [3.63, 3.8) is 0 Å². The molecule has 2 fully saturated rings. The molecule has 0 N–H and O–H groups in total. The molecule has 24 heavy (non-hydrogen) atoms. The second-order valence-corrected chi connectivity index (χ2v) is 7.19. The molecule has 0 aliphatic carbocycles. The molecule has 1 spiro atoms. The van der Waals surface area contributed by atoms with Gasteiger partial charge in [0, 0.05) is 52.2 Å².